The molecule has 0 aliphatic heterocycles. The van der Waals surface area contributed by atoms with E-state index in [1.807, 2.05) is 12.1 Å². The number of hydrogen-bond donors (Lipinski definition) is 1. The Hall–Kier alpha value is -1.49. The van der Waals surface area contributed by atoms with Gasteiger partial charge in [-0.15, -0.1) is 0 Å². The molecule has 1 N–H and O–H groups in total. The van der Waals surface area contributed by atoms with Gasteiger partial charge in [0.25, 0.3) is 0 Å². The molecule has 0 saturated heterocycles. The third-order valence-corrected chi connectivity index (χ3v) is 3.51. The zero-order valence-corrected chi connectivity index (χ0v) is 10.5. The lowest BCUT2D eigenvalue weighted by molar-refractivity contribution is 0.620. The Bertz CT molecular complexity index is 409. The van der Waals surface area contributed by atoms with Crippen molar-refractivity contribution in [3.8, 4) is 6.07 Å². The number of nitriles is 1. The number of nitrogens with zero attached hydrogens (tertiary/aromatic N) is 1. The lowest BCUT2D eigenvalue weighted by Gasteiger charge is -2.18. The highest BCUT2D eigenvalue weighted by Crippen LogP contribution is 2.23. The zero-order chi connectivity index (χ0) is 12.1. The van der Waals surface area contributed by atoms with Gasteiger partial charge in [-0.3, -0.25) is 0 Å². The number of aryl methyl sites for hydroxylation is 1. The third-order valence-electron chi connectivity index (χ3n) is 3.51. The molecule has 1 fully saturated rings. The van der Waals surface area contributed by atoms with E-state index < -0.39 is 0 Å². The zero-order valence-electron chi connectivity index (χ0n) is 10.5. The molecule has 1 aliphatic rings. The van der Waals surface area contributed by atoms with Crippen molar-refractivity contribution in [3.63, 3.8) is 0 Å². The molecule has 1 aliphatic carbocycles. The smallest absolute Gasteiger partial charge is 0.101 e. The monoisotopic (exact) mass is 228 g/mol. The Balaban J connectivity index is 2.11. The number of benzene rings is 1. The fourth-order valence-corrected chi connectivity index (χ4v) is 2.52. The van der Waals surface area contributed by atoms with Crippen LogP contribution in [-0.4, -0.2) is 6.04 Å². The molecule has 0 radical (unpaired) electrons. The molecule has 0 aromatic heterocycles. The molecule has 1 aromatic carbocycles. The van der Waals surface area contributed by atoms with Crippen LogP contribution in [0.15, 0.2) is 18.2 Å². The van der Waals surface area contributed by atoms with E-state index in [-0.39, 0.29) is 0 Å². The first-order valence-corrected chi connectivity index (χ1v) is 6.57. The summed E-state index contributed by atoms with van der Waals surface area (Å²) in [4.78, 5) is 0. The highest BCUT2D eigenvalue weighted by atomic mass is 14.9. The number of nitrogens with one attached hydrogen (secondary N) is 1. The molecule has 2 rings (SSSR count). The molecule has 1 saturated carbocycles. The van der Waals surface area contributed by atoms with Crippen LogP contribution in [0.25, 0.3) is 0 Å². The molecular formula is C15H20N2. The average molecular weight is 228 g/mol. The maximum atomic E-state index is 9.10. The van der Waals surface area contributed by atoms with Crippen LogP contribution in [0.5, 0.6) is 0 Å². The topological polar surface area (TPSA) is 35.8 Å². The van der Waals surface area contributed by atoms with Crippen molar-refractivity contribution in [2.75, 3.05) is 5.32 Å². The summed E-state index contributed by atoms with van der Waals surface area (Å²) >= 11 is 0. The van der Waals surface area contributed by atoms with Gasteiger partial charge in [0.1, 0.15) is 6.07 Å². The molecule has 0 unspecified atom stereocenters. The summed E-state index contributed by atoms with van der Waals surface area (Å²) in [6, 6.07) is 8.81. The van der Waals surface area contributed by atoms with Gasteiger partial charge in [-0.1, -0.05) is 31.7 Å². The fraction of sp³-hybridized carbons (Fsp3) is 0.533. The van der Waals surface area contributed by atoms with E-state index in [4.69, 9.17) is 5.26 Å². The molecule has 0 amide bonds. The van der Waals surface area contributed by atoms with Gasteiger partial charge in [-0.25, -0.2) is 0 Å². The van der Waals surface area contributed by atoms with Gasteiger partial charge in [-0.05, 0) is 37.5 Å². The van der Waals surface area contributed by atoms with E-state index in [0.29, 0.717) is 6.04 Å². The molecule has 0 spiro atoms. The predicted molar refractivity (Wildman–Crippen MR) is 71.0 cm³/mol. The summed E-state index contributed by atoms with van der Waals surface area (Å²) in [5.74, 6) is 0. The van der Waals surface area contributed by atoms with Crippen molar-refractivity contribution in [2.45, 2.75) is 51.5 Å². The molecular weight excluding hydrogens is 208 g/mol. The molecule has 0 atom stereocenters. The Morgan fingerprint density at radius 3 is 2.53 bits per heavy atom. The van der Waals surface area contributed by atoms with E-state index in [1.54, 1.807) is 0 Å². The maximum Gasteiger partial charge on any atom is 0.101 e. The molecule has 90 valence electrons. The molecule has 1 aromatic rings. The molecule has 0 heterocycles. The van der Waals surface area contributed by atoms with Crippen LogP contribution in [0.2, 0.25) is 0 Å². The van der Waals surface area contributed by atoms with E-state index in [9.17, 15) is 0 Å². The Labute approximate surface area is 104 Å². The maximum absolute atomic E-state index is 9.10. The second kappa shape index (κ2) is 5.72. The lowest BCUT2D eigenvalue weighted by Crippen LogP contribution is -2.19. The number of hydrogen-bond acceptors (Lipinski definition) is 2. The summed E-state index contributed by atoms with van der Waals surface area (Å²) < 4.78 is 0. The van der Waals surface area contributed by atoms with Crippen molar-refractivity contribution < 1.29 is 0 Å². The van der Waals surface area contributed by atoms with Crippen molar-refractivity contribution in [1.82, 2.24) is 0 Å². The van der Waals surface area contributed by atoms with Gasteiger partial charge < -0.3 is 5.32 Å². The normalized spacial score (nSPS) is 17.2. The van der Waals surface area contributed by atoms with Crippen LogP contribution in [0.4, 0.5) is 5.69 Å². The van der Waals surface area contributed by atoms with Gasteiger partial charge >= 0.3 is 0 Å². The first kappa shape index (κ1) is 12.0. The van der Waals surface area contributed by atoms with Crippen molar-refractivity contribution in [3.05, 3.63) is 29.3 Å². The quantitative estimate of drug-likeness (QED) is 0.776. The van der Waals surface area contributed by atoms with Crippen LogP contribution in [0, 0.1) is 18.3 Å². The second-order valence-electron chi connectivity index (χ2n) is 4.99. The first-order chi connectivity index (χ1) is 8.29. The molecule has 2 heteroatoms. The summed E-state index contributed by atoms with van der Waals surface area (Å²) in [5.41, 5.74) is 2.99. The summed E-state index contributed by atoms with van der Waals surface area (Å²) in [6.45, 7) is 2.07. The standard InChI is InChI=1S/C15H20N2/c1-12-8-9-13(11-16)15(10-12)17-14-6-4-2-3-5-7-14/h8-10,14,17H,2-7H2,1H3. The van der Waals surface area contributed by atoms with Gasteiger partial charge in [0, 0.05) is 6.04 Å². The Kier molecular flexibility index (Phi) is 4.03. The Morgan fingerprint density at radius 1 is 1.18 bits per heavy atom. The minimum atomic E-state index is 0.548. The highest BCUT2D eigenvalue weighted by molar-refractivity contribution is 5.59. The number of anilines is 1. The fourth-order valence-electron chi connectivity index (χ4n) is 2.52. The van der Waals surface area contributed by atoms with Gasteiger partial charge in [-0.2, -0.15) is 5.26 Å². The van der Waals surface area contributed by atoms with Crippen LogP contribution in [-0.2, 0) is 0 Å². The van der Waals surface area contributed by atoms with E-state index in [1.165, 1.54) is 44.1 Å². The highest BCUT2D eigenvalue weighted by Gasteiger charge is 2.13. The minimum Gasteiger partial charge on any atom is -0.381 e. The van der Waals surface area contributed by atoms with E-state index in [2.05, 4.69) is 24.4 Å². The van der Waals surface area contributed by atoms with Crippen molar-refractivity contribution in [1.29, 1.82) is 5.26 Å². The molecule has 2 nitrogen and oxygen atoms in total. The summed E-state index contributed by atoms with van der Waals surface area (Å²) in [7, 11) is 0. The second-order valence-corrected chi connectivity index (χ2v) is 4.99. The van der Waals surface area contributed by atoms with Gasteiger partial charge in [0.2, 0.25) is 0 Å². The van der Waals surface area contributed by atoms with Crippen LogP contribution in [0.1, 0.15) is 49.7 Å². The van der Waals surface area contributed by atoms with Gasteiger partial charge in [0.15, 0.2) is 0 Å². The van der Waals surface area contributed by atoms with E-state index in [0.717, 1.165) is 11.3 Å². The van der Waals surface area contributed by atoms with Crippen LogP contribution < -0.4 is 5.32 Å². The third kappa shape index (κ3) is 3.23. The largest absolute Gasteiger partial charge is 0.381 e. The predicted octanol–water partition coefficient (Wildman–Crippen LogP) is 4.00. The average Bonchev–Trinajstić information content (AvgIpc) is 2.58. The van der Waals surface area contributed by atoms with Crippen LogP contribution >= 0.6 is 0 Å². The minimum absolute atomic E-state index is 0.548. The van der Waals surface area contributed by atoms with Crippen LogP contribution in [0.3, 0.4) is 0 Å². The SMILES string of the molecule is Cc1ccc(C#N)c(NC2CCCCCC2)c1. The molecule has 17 heavy (non-hydrogen) atoms. The van der Waals surface area contributed by atoms with Gasteiger partial charge in [0.05, 0.1) is 11.3 Å². The Morgan fingerprint density at radius 2 is 1.88 bits per heavy atom. The van der Waals surface area contributed by atoms with E-state index >= 15 is 0 Å². The van der Waals surface area contributed by atoms with Crippen molar-refractivity contribution in [2.24, 2.45) is 0 Å². The molecule has 0 bridgehead atoms. The number of rotatable bonds is 2. The first-order valence-electron chi connectivity index (χ1n) is 6.57. The lowest BCUT2D eigenvalue weighted by atomic mass is 10.1. The summed E-state index contributed by atoms with van der Waals surface area (Å²) in [6.07, 6.45) is 7.81. The summed E-state index contributed by atoms with van der Waals surface area (Å²) in [5, 5.41) is 12.7. The van der Waals surface area contributed by atoms with Crippen molar-refractivity contribution >= 4 is 5.69 Å².